The first-order valence-electron chi connectivity index (χ1n) is 11.1. The summed E-state index contributed by atoms with van der Waals surface area (Å²) in [6.07, 6.45) is 4.95. The molecule has 1 aromatic heterocycles. The van der Waals surface area contributed by atoms with E-state index in [2.05, 4.69) is 10.2 Å². The summed E-state index contributed by atoms with van der Waals surface area (Å²) < 4.78 is 18.0. The second kappa shape index (κ2) is 8.54. The zero-order valence-corrected chi connectivity index (χ0v) is 18.9. The van der Waals surface area contributed by atoms with Crippen LogP contribution in [-0.4, -0.2) is 50.2 Å². The second-order valence-electron chi connectivity index (χ2n) is 9.41. The predicted octanol–water partition coefficient (Wildman–Crippen LogP) is 2.83. The number of aryl methyl sites for hydroxylation is 2. The molecule has 7 heteroatoms. The molecule has 2 aromatic rings. The van der Waals surface area contributed by atoms with Gasteiger partial charge in [-0.25, -0.2) is 4.79 Å². The van der Waals surface area contributed by atoms with Crippen molar-refractivity contribution >= 4 is 16.9 Å². The first-order chi connectivity index (χ1) is 14.7. The van der Waals surface area contributed by atoms with E-state index in [-0.39, 0.29) is 23.7 Å². The van der Waals surface area contributed by atoms with Gasteiger partial charge >= 0.3 is 5.63 Å². The van der Waals surface area contributed by atoms with E-state index in [0.29, 0.717) is 23.6 Å². The Morgan fingerprint density at radius 2 is 1.97 bits per heavy atom. The number of hydrogen-bond acceptors (Lipinski definition) is 6. The maximum absolute atomic E-state index is 12.6. The van der Waals surface area contributed by atoms with Crippen LogP contribution in [0.4, 0.5) is 0 Å². The third kappa shape index (κ3) is 4.56. The minimum absolute atomic E-state index is 0.0901. The highest BCUT2D eigenvalue weighted by atomic mass is 16.5. The van der Waals surface area contributed by atoms with E-state index in [1.165, 1.54) is 0 Å². The van der Waals surface area contributed by atoms with Gasteiger partial charge in [0.1, 0.15) is 22.7 Å². The van der Waals surface area contributed by atoms with Gasteiger partial charge in [0.15, 0.2) is 6.61 Å². The molecule has 1 aliphatic carbocycles. The van der Waals surface area contributed by atoms with E-state index in [1.807, 2.05) is 34.0 Å². The molecule has 0 saturated carbocycles. The SMILES string of the molecule is CN(C)CCCNC(=O)COc1cc2c(c3oc(=O)c4c(c13)CCC4)CCC(C)(C)O2. The van der Waals surface area contributed by atoms with Crippen molar-refractivity contribution in [3.63, 3.8) is 0 Å². The van der Waals surface area contributed by atoms with Crippen LogP contribution < -0.4 is 20.4 Å². The van der Waals surface area contributed by atoms with Crippen LogP contribution in [0.5, 0.6) is 11.5 Å². The highest BCUT2D eigenvalue weighted by Crippen LogP contribution is 2.44. The summed E-state index contributed by atoms with van der Waals surface area (Å²) in [6.45, 7) is 5.51. The van der Waals surface area contributed by atoms with Crippen molar-refractivity contribution in [3.8, 4) is 11.5 Å². The first-order valence-corrected chi connectivity index (χ1v) is 11.1. The summed E-state index contributed by atoms with van der Waals surface area (Å²) in [5, 5.41) is 3.73. The minimum Gasteiger partial charge on any atom is -0.487 e. The number of benzene rings is 1. The van der Waals surface area contributed by atoms with Gasteiger partial charge in [0.05, 0.1) is 5.39 Å². The molecule has 2 heterocycles. The quantitative estimate of drug-likeness (QED) is 0.540. The summed E-state index contributed by atoms with van der Waals surface area (Å²) >= 11 is 0. The summed E-state index contributed by atoms with van der Waals surface area (Å²) in [4.78, 5) is 27.0. The number of ether oxygens (including phenoxy) is 2. The fourth-order valence-corrected chi connectivity index (χ4v) is 4.48. The van der Waals surface area contributed by atoms with E-state index >= 15 is 0 Å². The van der Waals surface area contributed by atoms with Gasteiger partial charge in [0.25, 0.3) is 5.91 Å². The Morgan fingerprint density at radius 1 is 1.19 bits per heavy atom. The molecular weight excluding hydrogens is 396 g/mol. The van der Waals surface area contributed by atoms with Crippen LogP contribution in [0, 0.1) is 0 Å². The number of carbonyl (C=O) groups excluding carboxylic acids is 1. The third-order valence-electron chi connectivity index (χ3n) is 6.09. The number of fused-ring (bicyclic) bond motifs is 5. The van der Waals surface area contributed by atoms with Crippen molar-refractivity contribution in [1.29, 1.82) is 0 Å². The van der Waals surface area contributed by atoms with Gasteiger partial charge in [-0.1, -0.05) is 0 Å². The molecule has 168 valence electrons. The van der Waals surface area contributed by atoms with Crippen molar-refractivity contribution in [1.82, 2.24) is 10.2 Å². The highest BCUT2D eigenvalue weighted by Gasteiger charge is 2.32. The normalized spacial score (nSPS) is 16.7. The monoisotopic (exact) mass is 428 g/mol. The van der Waals surface area contributed by atoms with Crippen molar-refractivity contribution in [3.05, 3.63) is 33.2 Å². The standard InChI is InChI=1S/C24H32N2O5/c1-24(2)10-9-17-18(31-24)13-19(29-14-20(27)25-11-6-12-26(3)4)21-15-7-5-8-16(15)23(28)30-22(17)21/h13H,5-12,14H2,1-4H3,(H,25,27). The van der Waals surface area contributed by atoms with Crippen molar-refractivity contribution in [2.24, 2.45) is 0 Å². The van der Waals surface area contributed by atoms with Crippen LogP contribution in [-0.2, 0) is 24.1 Å². The van der Waals surface area contributed by atoms with Crippen LogP contribution in [0.3, 0.4) is 0 Å². The number of carbonyl (C=O) groups is 1. The lowest BCUT2D eigenvalue weighted by atomic mass is 9.91. The van der Waals surface area contributed by atoms with Crippen molar-refractivity contribution < 1.29 is 18.7 Å². The van der Waals surface area contributed by atoms with Crippen LogP contribution in [0.1, 0.15) is 49.8 Å². The largest absolute Gasteiger partial charge is 0.487 e. The maximum atomic E-state index is 12.6. The first kappa shape index (κ1) is 21.7. The average molecular weight is 429 g/mol. The minimum atomic E-state index is -0.307. The number of nitrogens with zero attached hydrogens (tertiary/aromatic N) is 1. The van der Waals surface area contributed by atoms with Crippen molar-refractivity contribution in [2.75, 3.05) is 33.8 Å². The smallest absolute Gasteiger partial charge is 0.339 e. The predicted molar refractivity (Wildman–Crippen MR) is 119 cm³/mol. The molecule has 4 rings (SSSR count). The molecule has 0 atom stereocenters. The average Bonchev–Trinajstić information content (AvgIpc) is 3.19. The van der Waals surface area contributed by atoms with E-state index in [9.17, 15) is 9.59 Å². The Hall–Kier alpha value is -2.54. The number of nitrogens with one attached hydrogen (secondary N) is 1. The van der Waals surface area contributed by atoms with Gasteiger partial charge in [0, 0.05) is 23.7 Å². The fraction of sp³-hybridized carbons (Fsp3) is 0.583. The van der Waals surface area contributed by atoms with Gasteiger partial charge in [0.2, 0.25) is 0 Å². The lowest BCUT2D eigenvalue weighted by Gasteiger charge is -2.33. The number of amides is 1. The molecule has 0 saturated heterocycles. The van der Waals surface area contributed by atoms with Gasteiger partial charge in [-0.15, -0.1) is 0 Å². The molecule has 0 unspecified atom stereocenters. The van der Waals surface area contributed by atoms with Crippen molar-refractivity contribution in [2.45, 2.75) is 58.0 Å². The van der Waals surface area contributed by atoms with Crippen LogP contribution in [0.25, 0.3) is 11.0 Å². The molecule has 31 heavy (non-hydrogen) atoms. The molecular formula is C24H32N2O5. The lowest BCUT2D eigenvalue weighted by Crippen LogP contribution is -2.33. The van der Waals surface area contributed by atoms with Crippen LogP contribution in [0.15, 0.2) is 15.3 Å². The van der Waals surface area contributed by atoms with E-state index in [4.69, 9.17) is 13.9 Å². The molecule has 1 aromatic carbocycles. The van der Waals surface area contributed by atoms with Crippen LogP contribution >= 0.6 is 0 Å². The number of rotatable bonds is 7. The van der Waals surface area contributed by atoms with Gasteiger partial charge in [-0.3, -0.25) is 4.79 Å². The number of hydrogen-bond donors (Lipinski definition) is 1. The topological polar surface area (TPSA) is 81.0 Å². The van der Waals surface area contributed by atoms with Crippen LogP contribution in [0.2, 0.25) is 0 Å². The molecule has 1 N–H and O–H groups in total. The summed E-state index contributed by atoms with van der Waals surface area (Å²) in [6, 6.07) is 1.87. The third-order valence-corrected chi connectivity index (χ3v) is 6.09. The summed E-state index contributed by atoms with van der Waals surface area (Å²) in [7, 11) is 4.01. The molecule has 1 aliphatic heterocycles. The molecule has 2 aliphatic rings. The highest BCUT2D eigenvalue weighted by molar-refractivity contribution is 5.93. The van der Waals surface area contributed by atoms with Gasteiger partial charge in [-0.2, -0.15) is 0 Å². The zero-order valence-electron chi connectivity index (χ0n) is 18.9. The molecule has 1 amide bonds. The summed E-state index contributed by atoms with van der Waals surface area (Å²) in [5.41, 5.74) is 2.64. The Bertz CT molecular complexity index is 1050. The van der Waals surface area contributed by atoms with E-state index < -0.39 is 0 Å². The Labute approximate surface area is 182 Å². The molecule has 7 nitrogen and oxygen atoms in total. The lowest BCUT2D eigenvalue weighted by molar-refractivity contribution is -0.123. The Balaban J connectivity index is 1.64. The second-order valence-corrected chi connectivity index (χ2v) is 9.41. The fourth-order valence-electron chi connectivity index (χ4n) is 4.48. The van der Waals surface area contributed by atoms with E-state index in [1.54, 1.807) is 0 Å². The maximum Gasteiger partial charge on any atom is 0.339 e. The molecule has 0 fully saturated rings. The molecule has 0 radical (unpaired) electrons. The van der Waals surface area contributed by atoms with E-state index in [0.717, 1.165) is 67.1 Å². The Kier molecular flexibility index (Phi) is 5.97. The van der Waals surface area contributed by atoms with Gasteiger partial charge in [-0.05, 0) is 78.6 Å². The molecule has 0 spiro atoms. The summed E-state index contributed by atoms with van der Waals surface area (Å²) in [5.74, 6) is 1.06. The zero-order chi connectivity index (χ0) is 22.2. The van der Waals surface area contributed by atoms with Gasteiger partial charge < -0.3 is 24.1 Å². The Morgan fingerprint density at radius 3 is 2.74 bits per heavy atom. The molecule has 0 bridgehead atoms.